The molecule has 31 heavy (non-hydrogen) atoms. The van der Waals surface area contributed by atoms with Gasteiger partial charge in [-0.25, -0.2) is 4.79 Å². The molecule has 0 saturated heterocycles. The van der Waals surface area contributed by atoms with Gasteiger partial charge < -0.3 is 10.3 Å². The Balaban J connectivity index is 1.81. The Morgan fingerprint density at radius 2 is 1.87 bits per heavy atom. The molecule has 0 spiro atoms. The molecule has 0 aliphatic carbocycles. The second kappa shape index (κ2) is 7.64. The fourth-order valence-electron chi connectivity index (χ4n) is 3.78. The van der Waals surface area contributed by atoms with Crippen LogP contribution in [0.4, 0.5) is 18.9 Å². The van der Waals surface area contributed by atoms with Gasteiger partial charge >= 0.3 is 12.1 Å². The molecule has 0 amide bonds. The number of fused-ring (bicyclic) bond motifs is 1. The molecule has 8 heteroatoms. The summed E-state index contributed by atoms with van der Waals surface area (Å²) in [4.78, 5) is 15.7. The molecule has 0 bridgehead atoms. The Labute approximate surface area is 175 Å². The number of alkyl halides is 3. The number of halogens is 3. The van der Waals surface area contributed by atoms with Gasteiger partial charge in [-0.2, -0.15) is 13.2 Å². The number of aromatic nitrogens is 1. The summed E-state index contributed by atoms with van der Waals surface area (Å²) in [7, 11) is 0. The highest BCUT2D eigenvalue weighted by Gasteiger charge is 2.33. The van der Waals surface area contributed by atoms with Gasteiger partial charge in [-0.15, -0.1) is 0 Å². The first kappa shape index (κ1) is 20.8. The molecular formula is C23H17F3N2O3. The van der Waals surface area contributed by atoms with Crippen molar-refractivity contribution in [3.8, 4) is 11.1 Å². The van der Waals surface area contributed by atoms with Crippen LogP contribution in [0.1, 0.15) is 16.8 Å². The molecule has 1 unspecified atom stereocenters. The summed E-state index contributed by atoms with van der Waals surface area (Å²) < 4.78 is 38.4. The molecular weight excluding hydrogens is 409 g/mol. The summed E-state index contributed by atoms with van der Waals surface area (Å²) >= 11 is 0. The lowest BCUT2D eigenvalue weighted by Crippen LogP contribution is -2.41. The van der Waals surface area contributed by atoms with Crippen LogP contribution in [-0.4, -0.2) is 16.1 Å². The number of hydrogen-bond acceptors (Lipinski definition) is 3. The number of carboxylic acids is 1. The van der Waals surface area contributed by atoms with Crippen LogP contribution in [-0.2, 0) is 23.9 Å². The molecule has 2 aromatic carbocycles. The van der Waals surface area contributed by atoms with Crippen molar-refractivity contribution in [3.63, 3.8) is 0 Å². The van der Waals surface area contributed by atoms with Crippen LogP contribution in [0.15, 0.2) is 78.6 Å². The lowest BCUT2D eigenvalue weighted by Gasteiger charge is -2.42. The standard InChI is InChI=1S/C23H17F3N2O3/c24-23(25,26)18-7-3-6-15(11-18)19-8-2-1-5-16(19)13-28(31)14-17(22(29)30)12-20-21(28)9-4-10-27-20/h1-11,14H,12-13H2,(H,29,30). The maximum Gasteiger partial charge on any atom is 0.416 e. The van der Waals surface area contributed by atoms with E-state index in [2.05, 4.69) is 4.98 Å². The zero-order valence-electron chi connectivity index (χ0n) is 16.1. The number of quaternary nitrogens is 1. The average Bonchev–Trinajstić information content (AvgIpc) is 2.73. The summed E-state index contributed by atoms with van der Waals surface area (Å²) in [5.41, 5.74) is 1.12. The third-order valence-electron chi connectivity index (χ3n) is 5.19. The monoisotopic (exact) mass is 426 g/mol. The van der Waals surface area contributed by atoms with E-state index in [1.165, 1.54) is 12.3 Å². The Morgan fingerprint density at radius 1 is 1.10 bits per heavy atom. The van der Waals surface area contributed by atoms with E-state index in [-0.39, 0.29) is 18.5 Å². The van der Waals surface area contributed by atoms with Gasteiger partial charge in [-0.05, 0) is 29.3 Å². The highest BCUT2D eigenvalue weighted by Crippen LogP contribution is 2.38. The zero-order valence-corrected chi connectivity index (χ0v) is 16.1. The van der Waals surface area contributed by atoms with Gasteiger partial charge in [0.05, 0.1) is 11.1 Å². The smallest absolute Gasteiger partial charge is 0.416 e. The van der Waals surface area contributed by atoms with Gasteiger partial charge in [0.25, 0.3) is 0 Å². The summed E-state index contributed by atoms with van der Waals surface area (Å²) in [5, 5.41) is 23.3. The van der Waals surface area contributed by atoms with E-state index < -0.39 is 22.4 Å². The van der Waals surface area contributed by atoms with Crippen LogP contribution in [0.5, 0.6) is 0 Å². The second-order valence-electron chi connectivity index (χ2n) is 7.29. The zero-order chi connectivity index (χ0) is 22.2. The van der Waals surface area contributed by atoms with Crippen LogP contribution < -0.4 is 4.65 Å². The number of benzene rings is 2. The molecule has 5 nitrogen and oxygen atoms in total. The van der Waals surface area contributed by atoms with E-state index in [0.717, 1.165) is 18.3 Å². The number of hydrogen-bond donors (Lipinski definition) is 1. The van der Waals surface area contributed by atoms with Gasteiger partial charge in [0.1, 0.15) is 18.4 Å². The lowest BCUT2D eigenvalue weighted by atomic mass is 9.96. The molecule has 158 valence electrons. The van der Waals surface area contributed by atoms with Crippen molar-refractivity contribution in [2.24, 2.45) is 0 Å². The Hall–Kier alpha value is -3.49. The third kappa shape index (κ3) is 4.08. The van der Waals surface area contributed by atoms with E-state index >= 15 is 0 Å². The quantitative estimate of drug-likeness (QED) is 0.454. The summed E-state index contributed by atoms with van der Waals surface area (Å²) in [6.45, 7) is -0.193. The molecule has 1 aliphatic heterocycles. The van der Waals surface area contributed by atoms with Crippen molar-refractivity contribution in [2.75, 3.05) is 0 Å². The molecule has 1 N–H and O–H groups in total. The molecule has 1 atom stereocenters. The Morgan fingerprint density at radius 3 is 2.61 bits per heavy atom. The highest BCUT2D eigenvalue weighted by molar-refractivity contribution is 5.88. The van der Waals surface area contributed by atoms with Crippen LogP contribution in [0.3, 0.4) is 0 Å². The third-order valence-corrected chi connectivity index (χ3v) is 5.19. The number of hydroxylamine groups is 2. The maximum absolute atomic E-state index is 13.8. The number of pyridine rings is 1. The van der Waals surface area contributed by atoms with Gasteiger partial charge in [0.2, 0.25) is 0 Å². The molecule has 1 aromatic heterocycles. The first-order valence-corrected chi connectivity index (χ1v) is 9.41. The van der Waals surface area contributed by atoms with Gasteiger partial charge in [0.15, 0.2) is 5.69 Å². The number of carboxylic acid groups (broad SMARTS) is 1. The van der Waals surface area contributed by atoms with Gasteiger partial charge in [0, 0.05) is 24.2 Å². The summed E-state index contributed by atoms with van der Waals surface area (Å²) in [6, 6.07) is 14.8. The predicted molar refractivity (Wildman–Crippen MR) is 109 cm³/mol. The van der Waals surface area contributed by atoms with E-state index in [4.69, 9.17) is 0 Å². The van der Waals surface area contributed by atoms with E-state index in [1.807, 2.05) is 0 Å². The molecule has 0 saturated carbocycles. The fourth-order valence-corrected chi connectivity index (χ4v) is 3.78. The van der Waals surface area contributed by atoms with Crippen molar-refractivity contribution < 1.29 is 23.1 Å². The molecule has 3 aromatic rings. The van der Waals surface area contributed by atoms with Crippen LogP contribution in [0.2, 0.25) is 0 Å². The summed E-state index contributed by atoms with van der Waals surface area (Å²) in [6.07, 6.45) is -1.84. The molecule has 2 heterocycles. The molecule has 0 radical (unpaired) electrons. The van der Waals surface area contributed by atoms with E-state index in [9.17, 15) is 28.3 Å². The molecule has 0 fully saturated rings. The van der Waals surface area contributed by atoms with Crippen molar-refractivity contribution >= 4 is 11.7 Å². The second-order valence-corrected chi connectivity index (χ2v) is 7.29. The van der Waals surface area contributed by atoms with Crippen LogP contribution >= 0.6 is 0 Å². The Kier molecular flexibility index (Phi) is 5.12. The first-order valence-electron chi connectivity index (χ1n) is 9.41. The molecule has 1 aliphatic rings. The van der Waals surface area contributed by atoms with E-state index in [1.54, 1.807) is 42.5 Å². The average molecular weight is 426 g/mol. The minimum absolute atomic E-state index is 0.0308. The van der Waals surface area contributed by atoms with Crippen molar-refractivity contribution in [2.45, 2.75) is 19.1 Å². The first-order chi connectivity index (χ1) is 14.7. The van der Waals surface area contributed by atoms with Crippen LogP contribution in [0.25, 0.3) is 11.1 Å². The SMILES string of the molecule is O=C(O)C1=C[N+]([O-])(Cc2ccccc2-c2cccc(C(F)(F)F)c2)c2cccnc2C1. The highest BCUT2D eigenvalue weighted by atomic mass is 19.4. The maximum atomic E-state index is 13.8. The minimum atomic E-state index is -4.49. The normalized spacial score (nSPS) is 18.3. The summed E-state index contributed by atoms with van der Waals surface area (Å²) in [5.74, 6) is -1.21. The van der Waals surface area contributed by atoms with Crippen molar-refractivity contribution in [1.29, 1.82) is 0 Å². The Bertz CT molecular complexity index is 1190. The van der Waals surface area contributed by atoms with Gasteiger partial charge in [-0.1, -0.05) is 36.4 Å². The predicted octanol–water partition coefficient (Wildman–Crippen LogP) is 5.30. The lowest BCUT2D eigenvalue weighted by molar-refractivity contribution is -0.137. The number of nitrogens with zero attached hydrogens (tertiary/aromatic N) is 2. The van der Waals surface area contributed by atoms with E-state index in [0.29, 0.717) is 28.1 Å². The minimum Gasteiger partial charge on any atom is -0.622 e. The fraction of sp³-hybridized carbons (Fsp3) is 0.130. The largest absolute Gasteiger partial charge is 0.622 e. The topological polar surface area (TPSA) is 73.2 Å². The van der Waals surface area contributed by atoms with Crippen molar-refractivity contribution in [3.05, 3.63) is 101 Å². The number of aliphatic carboxylic acids is 1. The van der Waals surface area contributed by atoms with Crippen LogP contribution in [0, 0.1) is 5.21 Å². The van der Waals surface area contributed by atoms with Gasteiger partial charge in [-0.3, -0.25) is 9.63 Å². The number of carbonyl (C=O) groups is 1. The van der Waals surface area contributed by atoms with Crippen molar-refractivity contribution in [1.82, 2.24) is 9.63 Å². The molecule has 4 rings (SSSR count). The number of rotatable bonds is 4.